The predicted octanol–water partition coefficient (Wildman–Crippen LogP) is 1.71. The SMILES string of the molecule is [2H]C1=c2c(cccc2=[CH+])Cc2ccccc21. The average molecular weight is 192 g/mol. The van der Waals surface area contributed by atoms with Crippen molar-refractivity contribution >= 4 is 12.6 Å². The molecular weight excluding hydrogens is 180 g/mol. The second-order valence-corrected chi connectivity index (χ2v) is 3.84. The summed E-state index contributed by atoms with van der Waals surface area (Å²) in [4.78, 5) is 0. The van der Waals surface area contributed by atoms with Gasteiger partial charge >= 0.3 is 0 Å². The van der Waals surface area contributed by atoms with Gasteiger partial charge in [0, 0.05) is 24.6 Å². The molecule has 0 bridgehead atoms. The molecule has 3 rings (SSSR count). The van der Waals surface area contributed by atoms with Crippen molar-refractivity contribution in [1.82, 2.24) is 0 Å². The summed E-state index contributed by atoms with van der Waals surface area (Å²) in [5, 5.41) is 1.61. The fourth-order valence-electron chi connectivity index (χ4n) is 2.06. The van der Waals surface area contributed by atoms with E-state index in [1.54, 1.807) is 0 Å². The lowest BCUT2D eigenvalue weighted by Gasteiger charge is -2.09. The highest BCUT2D eigenvalue weighted by Crippen LogP contribution is 2.16. The van der Waals surface area contributed by atoms with Gasteiger partial charge in [0.2, 0.25) is 0 Å². The van der Waals surface area contributed by atoms with Crippen molar-refractivity contribution < 1.29 is 1.37 Å². The first-order valence-electron chi connectivity index (χ1n) is 5.57. The lowest BCUT2D eigenvalue weighted by Crippen LogP contribution is -2.29. The zero-order chi connectivity index (χ0) is 11.1. The van der Waals surface area contributed by atoms with E-state index in [1.807, 2.05) is 30.3 Å². The molecule has 2 aromatic rings. The molecule has 0 amide bonds. The van der Waals surface area contributed by atoms with Gasteiger partial charge in [-0.2, -0.15) is 0 Å². The van der Waals surface area contributed by atoms with Crippen LogP contribution in [0.3, 0.4) is 0 Å². The Morgan fingerprint density at radius 2 is 1.80 bits per heavy atom. The van der Waals surface area contributed by atoms with Gasteiger partial charge in [-0.05, 0) is 23.3 Å². The molecule has 0 saturated carbocycles. The van der Waals surface area contributed by atoms with Crippen molar-refractivity contribution in [2.75, 3.05) is 0 Å². The summed E-state index contributed by atoms with van der Waals surface area (Å²) in [6.07, 6.45) is 0.874. The molecule has 0 fully saturated rings. The second kappa shape index (κ2) is 3.05. The number of fused-ring (bicyclic) bond motifs is 2. The van der Waals surface area contributed by atoms with Crippen LogP contribution in [-0.2, 0) is 6.42 Å². The molecule has 0 heteroatoms. The minimum atomic E-state index is 0.551. The highest BCUT2D eigenvalue weighted by atomic mass is 14.1. The third-order valence-corrected chi connectivity index (χ3v) is 2.84. The van der Waals surface area contributed by atoms with Crippen LogP contribution in [0.2, 0.25) is 0 Å². The minimum absolute atomic E-state index is 0.551. The van der Waals surface area contributed by atoms with Crippen LogP contribution in [0, 0.1) is 0 Å². The maximum absolute atomic E-state index is 8.21. The van der Waals surface area contributed by atoms with Gasteiger partial charge in [0.25, 0.3) is 0 Å². The Morgan fingerprint density at radius 3 is 2.73 bits per heavy atom. The number of hydrogen-bond donors (Lipinski definition) is 0. The van der Waals surface area contributed by atoms with E-state index < -0.39 is 0 Å². The van der Waals surface area contributed by atoms with Crippen molar-refractivity contribution in [2.45, 2.75) is 6.42 Å². The quantitative estimate of drug-likeness (QED) is 0.557. The zero-order valence-electron chi connectivity index (χ0n) is 9.33. The van der Waals surface area contributed by atoms with Gasteiger partial charge in [-0.25, -0.2) is 0 Å². The van der Waals surface area contributed by atoms with Crippen LogP contribution in [0.25, 0.3) is 12.6 Å². The van der Waals surface area contributed by atoms with Crippen molar-refractivity contribution in [2.24, 2.45) is 0 Å². The van der Waals surface area contributed by atoms with Gasteiger partial charge in [-0.1, -0.05) is 24.3 Å². The van der Waals surface area contributed by atoms with Crippen LogP contribution < -0.4 is 10.4 Å². The predicted molar refractivity (Wildman–Crippen MR) is 63.0 cm³/mol. The fraction of sp³-hybridized carbons (Fsp3) is 0.0667. The van der Waals surface area contributed by atoms with E-state index in [1.165, 1.54) is 5.56 Å². The van der Waals surface area contributed by atoms with Crippen LogP contribution in [0.1, 0.15) is 18.1 Å². The summed E-state index contributed by atoms with van der Waals surface area (Å²) in [6, 6.07) is 14.5. The maximum atomic E-state index is 8.21. The van der Waals surface area contributed by atoms with E-state index >= 15 is 0 Å². The van der Waals surface area contributed by atoms with Crippen molar-refractivity contribution in [1.29, 1.82) is 0 Å². The van der Waals surface area contributed by atoms with Crippen molar-refractivity contribution in [3.63, 3.8) is 0 Å². The van der Waals surface area contributed by atoms with Gasteiger partial charge in [-0.15, -0.1) is 0 Å². The Bertz CT molecular complexity index is 668. The van der Waals surface area contributed by atoms with Gasteiger partial charge in [0.15, 0.2) is 5.22 Å². The first-order chi connectivity index (χ1) is 7.77. The molecule has 0 spiro atoms. The molecule has 1 aliphatic carbocycles. The normalized spacial score (nSPS) is 14.1. The van der Waals surface area contributed by atoms with E-state index in [0.717, 1.165) is 22.8 Å². The molecule has 0 saturated heterocycles. The first kappa shape index (κ1) is 7.39. The fourth-order valence-corrected chi connectivity index (χ4v) is 2.06. The molecule has 70 valence electrons. The van der Waals surface area contributed by atoms with Gasteiger partial charge < -0.3 is 0 Å². The molecule has 0 aromatic heterocycles. The summed E-state index contributed by atoms with van der Waals surface area (Å²) in [5.41, 5.74) is 3.38. The lowest BCUT2D eigenvalue weighted by molar-refractivity contribution is 1.13. The highest BCUT2D eigenvalue weighted by molar-refractivity contribution is 5.59. The first-order valence-corrected chi connectivity index (χ1v) is 5.07. The van der Waals surface area contributed by atoms with E-state index in [4.69, 9.17) is 7.95 Å². The molecule has 0 heterocycles. The number of rotatable bonds is 0. The minimum Gasteiger partial charge on any atom is -0.0619 e. The Morgan fingerprint density at radius 1 is 1.00 bits per heavy atom. The summed E-state index contributed by atoms with van der Waals surface area (Å²) < 4.78 is 8.21. The molecule has 0 aliphatic heterocycles. The van der Waals surface area contributed by atoms with Crippen LogP contribution in [0.4, 0.5) is 0 Å². The third kappa shape index (κ3) is 1.27. The van der Waals surface area contributed by atoms with Gasteiger partial charge in [0.1, 0.15) is 0 Å². The Balaban J connectivity index is 2.49. The van der Waals surface area contributed by atoms with E-state index in [9.17, 15) is 0 Å². The Labute approximate surface area is 90.6 Å². The van der Waals surface area contributed by atoms with Gasteiger partial charge in [0.05, 0.1) is 12.7 Å². The summed E-state index contributed by atoms with van der Waals surface area (Å²) in [5.74, 6) is 0. The summed E-state index contributed by atoms with van der Waals surface area (Å²) in [6.45, 7) is 5.95. The van der Waals surface area contributed by atoms with Gasteiger partial charge in [-0.3, -0.25) is 0 Å². The highest BCUT2D eigenvalue weighted by Gasteiger charge is 2.12. The summed E-state index contributed by atoms with van der Waals surface area (Å²) >= 11 is 0. The molecule has 1 aliphatic rings. The molecule has 0 atom stereocenters. The summed E-state index contributed by atoms with van der Waals surface area (Å²) in [7, 11) is 0. The van der Waals surface area contributed by atoms with Crippen LogP contribution in [-0.4, -0.2) is 0 Å². The monoisotopic (exact) mass is 192 g/mol. The molecule has 0 N–H and O–H groups in total. The molecule has 0 unspecified atom stereocenters. The lowest BCUT2D eigenvalue weighted by atomic mass is 9.92. The second-order valence-electron chi connectivity index (χ2n) is 3.84. The molecule has 0 radical (unpaired) electrons. The smallest absolute Gasteiger partial charge is 0.0619 e. The van der Waals surface area contributed by atoms with Crippen LogP contribution in [0.15, 0.2) is 42.5 Å². The third-order valence-electron chi connectivity index (χ3n) is 2.84. The molecule has 15 heavy (non-hydrogen) atoms. The maximum Gasteiger partial charge on any atom is 0.188 e. The molecule has 0 nitrogen and oxygen atoms in total. The Hall–Kier alpha value is -1.91. The van der Waals surface area contributed by atoms with Crippen LogP contribution >= 0.6 is 0 Å². The van der Waals surface area contributed by atoms with Crippen molar-refractivity contribution in [3.05, 3.63) is 69.6 Å². The Kier molecular flexibility index (Phi) is 1.50. The van der Waals surface area contributed by atoms with E-state index in [0.29, 0.717) is 11.3 Å². The standard InChI is InChI=1S/C15H11/c1-11-5-4-8-14-9-12-6-2-3-7-13(12)10-15(11)14/h1-8,10H,9H2/q+1/i10D. The van der Waals surface area contributed by atoms with Crippen LogP contribution in [0.5, 0.6) is 0 Å². The largest absolute Gasteiger partial charge is 0.188 e. The van der Waals surface area contributed by atoms with E-state index in [-0.39, 0.29) is 0 Å². The number of hydrogen-bond acceptors (Lipinski definition) is 0. The van der Waals surface area contributed by atoms with Crippen molar-refractivity contribution in [3.8, 4) is 0 Å². The molecule has 2 aromatic carbocycles. The zero-order valence-corrected chi connectivity index (χ0v) is 8.33. The average Bonchev–Trinajstić information content (AvgIpc) is 2.29. The topological polar surface area (TPSA) is 0 Å². The number of benzene rings is 2. The molecular formula is C15H11+. The van der Waals surface area contributed by atoms with E-state index in [2.05, 4.69) is 12.1 Å².